The molecule has 1 fully saturated rings. The maximum absolute atomic E-state index is 11.6. The number of carbonyl (C=O) groups is 1. The van der Waals surface area contributed by atoms with Gasteiger partial charge in [0, 0.05) is 5.57 Å². The van der Waals surface area contributed by atoms with Crippen LogP contribution in [0.1, 0.15) is 63.0 Å². The Labute approximate surface area is 121 Å². The van der Waals surface area contributed by atoms with Crippen molar-refractivity contribution in [1.82, 2.24) is 0 Å². The molecule has 0 spiro atoms. The summed E-state index contributed by atoms with van der Waals surface area (Å²) in [5, 5.41) is 0. The molecule has 1 aliphatic rings. The Morgan fingerprint density at radius 1 is 1.20 bits per heavy atom. The lowest BCUT2D eigenvalue weighted by molar-refractivity contribution is -0.138. The zero-order chi connectivity index (χ0) is 14.4. The van der Waals surface area contributed by atoms with Crippen LogP contribution in [0.4, 0.5) is 0 Å². The van der Waals surface area contributed by atoms with E-state index in [1.807, 2.05) is 13.0 Å². The number of ether oxygens (including phenoxy) is 1. The molecule has 0 aliphatic heterocycles. The Bertz CT molecular complexity index is 465. The third kappa shape index (κ3) is 3.96. The average molecular weight is 272 g/mol. The minimum Gasteiger partial charge on any atom is -0.463 e. The van der Waals surface area contributed by atoms with Crippen molar-refractivity contribution in [3.8, 4) is 0 Å². The van der Waals surface area contributed by atoms with E-state index in [0.717, 1.165) is 11.5 Å². The van der Waals surface area contributed by atoms with Crippen LogP contribution in [0, 0.1) is 0 Å². The van der Waals surface area contributed by atoms with Gasteiger partial charge < -0.3 is 4.74 Å². The maximum Gasteiger partial charge on any atom is 0.333 e. The molecule has 0 atom stereocenters. The smallest absolute Gasteiger partial charge is 0.333 e. The Balaban J connectivity index is 2.04. The van der Waals surface area contributed by atoms with Crippen LogP contribution in [-0.2, 0) is 9.53 Å². The number of hydrogen-bond donors (Lipinski definition) is 0. The highest BCUT2D eigenvalue weighted by atomic mass is 16.5. The van der Waals surface area contributed by atoms with Crippen LogP contribution in [0.25, 0.3) is 6.08 Å². The van der Waals surface area contributed by atoms with Crippen molar-refractivity contribution in [2.45, 2.75) is 51.9 Å². The van der Waals surface area contributed by atoms with Gasteiger partial charge in [0.05, 0.1) is 6.61 Å². The van der Waals surface area contributed by atoms with Gasteiger partial charge in [0.25, 0.3) is 0 Å². The lowest BCUT2D eigenvalue weighted by Gasteiger charge is -2.21. The Morgan fingerprint density at radius 2 is 1.85 bits per heavy atom. The van der Waals surface area contributed by atoms with Gasteiger partial charge in [0.2, 0.25) is 0 Å². The van der Waals surface area contributed by atoms with Crippen LogP contribution < -0.4 is 0 Å². The quantitative estimate of drug-likeness (QED) is 0.586. The molecule has 0 unspecified atom stereocenters. The molecule has 2 heteroatoms. The summed E-state index contributed by atoms with van der Waals surface area (Å²) in [4.78, 5) is 11.6. The molecule has 1 aromatic rings. The second-order valence-corrected chi connectivity index (χ2v) is 5.55. The largest absolute Gasteiger partial charge is 0.463 e. The molecule has 1 aliphatic carbocycles. The highest BCUT2D eigenvalue weighted by Crippen LogP contribution is 2.32. The molecule has 0 aromatic heterocycles. The molecular formula is C18H24O2. The van der Waals surface area contributed by atoms with Gasteiger partial charge in [-0.2, -0.15) is 0 Å². The summed E-state index contributed by atoms with van der Waals surface area (Å²) in [6, 6.07) is 8.62. The van der Waals surface area contributed by atoms with Gasteiger partial charge >= 0.3 is 5.97 Å². The minimum atomic E-state index is -0.233. The molecule has 2 rings (SSSR count). The first-order valence-corrected chi connectivity index (χ1v) is 7.66. The van der Waals surface area contributed by atoms with E-state index in [1.165, 1.54) is 37.7 Å². The molecule has 0 N–H and O–H groups in total. The number of esters is 1. The molecule has 1 saturated carbocycles. The minimum absolute atomic E-state index is 0.233. The first-order valence-electron chi connectivity index (χ1n) is 7.66. The third-order valence-corrected chi connectivity index (χ3v) is 3.99. The monoisotopic (exact) mass is 272 g/mol. The van der Waals surface area contributed by atoms with E-state index in [0.29, 0.717) is 12.2 Å². The fourth-order valence-corrected chi connectivity index (χ4v) is 2.85. The molecule has 0 heterocycles. The van der Waals surface area contributed by atoms with Crippen LogP contribution in [0.3, 0.4) is 0 Å². The molecule has 0 bridgehead atoms. The first-order chi connectivity index (χ1) is 9.70. The van der Waals surface area contributed by atoms with E-state index in [9.17, 15) is 4.79 Å². The number of rotatable bonds is 4. The average Bonchev–Trinajstić information content (AvgIpc) is 2.49. The van der Waals surface area contributed by atoms with Gasteiger partial charge in [-0.1, -0.05) is 43.5 Å². The summed E-state index contributed by atoms with van der Waals surface area (Å²) in [6.07, 6.45) is 8.62. The van der Waals surface area contributed by atoms with Crippen molar-refractivity contribution in [3.05, 3.63) is 41.0 Å². The standard InChI is InChI=1S/C18H24O2/c1-3-20-18(19)14(2)13-15-9-11-17(12-10-15)16-7-5-4-6-8-16/h9-13,16H,3-8H2,1-2H3/b14-13+. The predicted molar refractivity (Wildman–Crippen MR) is 82.6 cm³/mol. The summed E-state index contributed by atoms with van der Waals surface area (Å²) >= 11 is 0. The van der Waals surface area contributed by atoms with Crippen LogP contribution in [0.2, 0.25) is 0 Å². The predicted octanol–water partition coefficient (Wildman–Crippen LogP) is 4.70. The van der Waals surface area contributed by atoms with E-state index in [4.69, 9.17) is 4.74 Å². The van der Waals surface area contributed by atoms with Gasteiger partial charge in [-0.15, -0.1) is 0 Å². The Morgan fingerprint density at radius 3 is 2.45 bits per heavy atom. The normalized spacial score (nSPS) is 17.0. The van der Waals surface area contributed by atoms with Crippen LogP contribution in [0.5, 0.6) is 0 Å². The highest BCUT2D eigenvalue weighted by molar-refractivity contribution is 5.92. The van der Waals surface area contributed by atoms with E-state index in [1.54, 1.807) is 6.92 Å². The molecule has 2 nitrogen and oxygen atoms in total. The molecule has 0 amide bonds. The number of hydrogen-bond acceptors (Lipinski definition) is 2. The molecular weight excluding hydrogens is 248 g/mol. The van der Waals surface area contributed by atoms with E-state index >= 15 is 0 Å². The van der Waals surface area contributed by atoms with E-state index in [-0.39, 0.29) is 5.97 Å². The van der Waals surface area contributed by atoms with Crippen LogP contribution in [0.15, 0.2) is 29.8 Å². The summed E-state index contributed by atoms with van der Waals surface area (Å²) < 4.78 is 4.99. The van der Waals surface area contributed by atoms with Crippen molar-refractivity contribution in [2.75, 3.05) is 6.61 Å². The van der Waals surface area contributed by atoms with Gasteiger partial charge in [-0.05, 0) is 49.8 Å². The second-order valence-electron chi connectivity index (χ2n) is 5.55. The summed E-state index contributed by atoms with van der Waals surface area (Å²) in [5.74, 6) is 0.497. The number of carbonyl (C=O) groups excluding carboxylic acids is 1. The van der Waals surface area contributed by atoms with Gasteiger partial charge in [-0.25, -0.2) is 4.79 Å². The Hall–Kier alpha value is -1.57. The number of benzene rings is 1. The summed E-state index contributed by atoms with van der Waals surface area (Å²) in [5.41, 5.74) is 3.16. The lowest BCUT2D eigenvalue weighted by atomic mass is 9.84. The molecule has 20 heavy (non-hydrogen) atoms. The fraction of sp³-hybridized carbons (Fsp3) is 0.500. The van der Waals surface area contributed by atoms with Crippen molar-refractivity contribution in [2.24, 2.45) is 0 Å². The lowest BCUT2D eigenvalue weighted by Crippen LogP contribution is -2.05. The van der Waals surface area contributed by atoms with Crippen molar-refractivity contribution < 1.29 is 9.53 Å². The molecule has 108 valence electrons. The molecule has 1 aromatic carbocycles. The van der Waals surface area contributed by atoms with Crippen LogP contribution in [-0.4, -0.2) is 12.6 Å². The van der Waals surface area contributed by atoms with Crippen molar-refractivity contribution in [1.29, 1.82) is 0 Å². The van der Waals surface area contributed by atoms with E-state index in [2.05, 4.69) is 24.3 Å². The van der Waals surface area contributed by atoms with Gasteiger partial charge in [0.1, 0.15) is 0 Å². The van der Waals surface area contributed by atoms with Gasteiger partial charge in [0.15, 0.2) is 0 Å². The van der Waals surface area contributed by atoms with Crippen molar-refractivity contribution in [3.63, 3.8) is 0 Å². The summed E-state index contributed by atoms with van der Waals surface area (Å²) in [7, 11) is 0. The SMILES string of the molecule is CCOC(=O)/C(C)=C/c1ccc(C2CCCCC2)cc1. The molecule has 0 saturated heterocycles. The first kappa shape index (κ1) is 14.8. The van der Waals surface area contributed by atoms with Crippen LogP contribution >= 0.6 is 0 Å². The van der Waals surface area contributed by atoms with E-state index < -0.39 is 0 Å². The zero-order valence-electron chi connectivity index (χ0n) is 12.5. The third-order valence-electron chi connectivity index (χ3n) is 3.99. The zero-order valence-corrected chi connectivity index (χ0v) is 12.5. The maximum atomic E-state index is 11.6. The second kappa shape index (κ2) is 7.28. The van der Waals surface area contributed by atoms with Gasteiger partial charge in [-0.3, -0.25) is 0 Å². The Kier molecular flexibility index (Phi) is 5.40. The fourth-order valence-electron chi connectivity index (χ4n) is 2.85. The topological polar surface area (TPSA) is 26.3 Å². The summed E-state index contributed by atoms with van der Waals surface area (Å²) in [6.45, 7) is 4.04. The molecule has 0 radical (unpaired) electrons. The van der Waals surface area contributed by atoms with Crippen molar-refractivity contribution >= 4 is 12.0 Å². The highest BCUT2D eigenvalue weighted by Gasteiger charge is 2.15.